The second-order valence-electron chi connectivity index (χ2n) is 4.52. The third-order valence-electron chi connectivity index (χ3n) is 2.56. The Bertz CT molecular complexity index is 233. The van der Waals surface area contributed by atoms with Crippen LogP contribution in [0.15, 0.2) is 0 Å². The van der Waals surface area contributed by atoms with Crippen molar-refractivity contribution in [3.63, 3.8) is 0 Å². The highest BCUT2D eigenvalue weighted by Crippen LogP contribution is 2.03. The van der Waals surface area contributed by atoms with E-state index >= 15 is 0 Å². The number of hydrogen-bond acceptors (Lipinski definition) is 9. The van der Waals surface area contributed by atoms with Gasteiger partial charge in [0.2, 0.25) is 0 Å². The number of hydrogen-bond donors (Lipinski definition) is 8. The van der Waals surface area contributed by atoms with Crippen LogP contribution in [0.1, 0.15) is 32.6 Å². The largest absolute Gasteiger partial charge is 0.394 e. The lowest BCUT2D eigenvalue weighted by Gasteiger charge is -2.22. The Kier molecular flexibility index (Phi) is 19.0. The van der Waals surface area contributed by atoms with Crippen molar-refractivity contribution in [2.45, 2.75) is 63.2 Å². The van der Waals surface area contributed by atoms with Gasteiger partial charge >= 0.3 is 0 Å². The van der Waals surface area contributed by atoms with Crippen LogP contribution < -0.4 is 17.6 Å². The summed E-state index contributed by atoms with van der Waals surface area (Å²) in [7, 11) is 0. The van der Waals surface area contributed by atoms with E-state index < -0.39 is 31.0 Å². The van der Waals surface area contributed by atoms with Crippen LogP contribution in [0.2, 0.25) is 0 Å². The van der Waals surface area contributed by atoms with Gasteiger partial charge in [-0.1, -0.05) is 26.2 Å². The molecule has 130 valence electrons. The van der Waals surface area contributed by atoms with E-state index in [0.29, 0.717) is 0 Å². The first kappa shape index (κ1) is 25.3. The van der Waals surface area contributed by atoms with Crippen LogP contribution in [-0.2, 0) is 4.79 Å². The molecule has 4 atom stereocenters. The zero-order valence-electron chi connectivity index (χ0n) is 12.5. The van der Waals surface area contributed by atoms with Crippen molar-refractivity contribution < 1.29 is 30.3 Å². The molecule has 21 heavy (non-hydrogen) atoms. The lowest BCUT2D eigenvalue weighted by atomic mass is 10.0. The smallest absolute Gasteiger partial charge is 0.151 e. The number of aliphatic hydroxyl groups is 5. The van der Waals surface area contributed by atoms with Crippen molar-refractivity contribution in [3.8, 4) is 0 Å². The number of unbranched alkanes of at least 4 members (excludes halogenated alkanes) is 2. The molecule has 9 heteroatoms. The van der Waals surface area contributed by atoms with E-state index in [2.05, 4.69) is 6.92 Å². The molecule has 0 spiro atoms. The van der Waals surface area contributed by atoms with Crippen molar-refractivity contribution in [2.24, 2.45) is 11.5 Å². The zero-order chi connectivity index (χ0) is 16.1. The Morgan fingerprint density at radius 3 is 1.90 bits per heavy atom. The molecule has 0 amide bonds. The van der Waals surface area contributed by atoms with Gasteiger partial charge in [0.1, 0.15) is 24.4 Å². The Balaban J connectivity index is -0.000000317. The molecular weight excluding hydrogens is 282 g/mol. The Morgan fingerprint density at radius 2 is 1.57 bits per heavy atom. The zero-order valence-corrected chi connectivity index (χ0v) is 12.5. The molecule has 0 aliphatic carbocycles. The average Bonchev–Trinajstić information content (AvgIpc) is 2.44. The first-order chi connectivity index (χ1) is 9.31. The molecule has 4 unspecified atom stereocenters. The molecule has 0 aliphatic rings. The van der Waals surface area contributed by atoms with Gasteiger partial charge < -0.3 is 47.9 Å². The number of carbonyl (C=O) groups is 1. The molecule has 0 fully saturated rings. The van der Waals surface area contributed by atoms with Crippen LogP contribution in [-0.4, -0.2) is 69.0 Å². The minimum Gasteiger partial charge on any atom is -0.394 e. The Labute approximate surface area is 125 Å². The highest BCUT2D eigenvalue weighted by Gasteiger charge is 2.29. The highest BCUT2D eigenvalue weighted by molar-refractivity contribution is 5.56. The topological polar surface area (TPSA) is 205 Å². The summed E-state index contributed by atoms with van der Waals surface area (Å²) in [6.07, 6.45) is -2.30. The van der Waals surface area contributed by atoms with Crippen molar-refractivity contribution in [1.29, 1.82) is 0 Å². The molecular formula is C12H31N3O6. The van der Waals surface area contributed by atoms with Crippen molar-refractivity contribution in [2.75, 3.05) is 6.61 Å². The quantitative estimate of drug-likeness (QED) is 0.129. The number of aldehydes is 1. The number of rotatable bonds is 9. The van der Waals surface area contributed by atoms with E-state index in [1.807, 2.05) is 0 Å². The van der Waals surface area contributed by atoms with Crippen LogP contribution in [0.3, 0.4) is 0 Å². The summed E-state index contributed by atoms with van der Waals surface area (Å²) in [6, 6.07) is 0. The van der Waals surface area contributed by atoms with Crippen LogP contribution in [0.5, 0.6) is 0 Å². The van der Waals surface area contributed by atoms with Crippen molar-refractivity contribution in [3.05, 3.63) is 0 Å². The first-order valence-corrected chi connectivity index (χ1v) is 6.61. The molecule has 0 bridgehead atoms. The Hall–Kier alpha value is -0.650. The lowest BCUT2D eigenvalue weighted by molar-refractivity contribution is -0.136. The van der Waals surface area contributed by atoms with E-state index in [0.717, 1.165) is 6.42 Å². The van der Waals surface area contributed by atoms with Gasteiger partial charge in [-0.15, -0.1) is 0 Å². The van der Waals surface area contributed by atoms with E-state index in [1.165, 1.54) is 19.3 Å². The summed E-state index contributed by atoms with van der Waals surface area (Å²) < 4.78 is 0. The van der Waals surface area contributed by atoms with Gasteiger partial charge in [0, 0.05) is 0 Å². The predicted molar refractivity (Wildman–Crippen MR) is 78.5 cm³/mol. The fourth-order valence-electron chi connectivity index (χ4n) is 1.25. The number of aliphatic hydroxyl groups excluding tert-OH is 5. The highest BCUT2D eigenvalue weighted by atomic mass is 16.4. The molecule has 9 nitrogen and oxygen atoms in total. The van der Waals surface area contributed by atoms with E-state index in [4.69, 9.17) is 37.0 Å². The third kappa shape index (κ3) is 14.1. The third-order valence-corrected chi connectivity index (χ3v) is 2.56. The predicted octanol–water partition coefficient (Wildman–Crippen LogP) is -2.41. The van der Waals surface area contributed by atoms with Gasteiger partial charge in [-0.05, 0) is 6.42 Å². The van der Waals surface area contributed by atoms with Crippen LogP contribution in [0.4, 0.5) is 0 Å². The molecule has 0 aliphatic heterocycles. The van der Waals surface area contributed by atoms with Gasteiger partial charge in [0.05, 0.1) is 12.8 Å². The minimum absolute atomic E-state index is 0. The summed E-state index contributed by atoms with van der Waals surface area (Å²) in [5.41, 5.74) is 10.6. The fraction of sp³-hybridized carbons (Fsp3) is 0.917. The first-order valence-electron chi connectivity index (χ1n) is 6.61. The van der Waals surface area contributed by atoms with Gasteiger partial charge in [-0.2, -0.15) is 0 Å². The van der Waals surface area contributed by atoms with E-state index in [-0.39, 0.29) is 18.6 Å². The van der Waals surface area contributed by atoms with Crippen molar-refractivity contribution in [1.82, 2.24) is 6.15 Å². The average molecular weight is 313 g/mol. The molecule has 0 saturated heterocycles. The molecule has 0 heterocycles. The fourth-order valence-corrected chi connectivity index (χ4v) is 1.25. The van der Waals surface area contributed by atoms with Gasteiger partial charge in [-0.25, -0.2) is 0 Å². The van der Waals surface area contributed by atoms with Gasteiger partial charge in [-0.3, -0.25) is 0 Å². The Morgan fingerprint density at radius 1 is 1.05 bits per heavy atom. The summed E-state index contributed by atoms with van der Waals surface area (Å²) in [4.78, 5) is 9.90. The normalized spacial score (nSPS) is 16.0. The molecule has 0 aromatic heterocycles. The summed E-state index contributed by atoms with van der Waals surface area (Å²) in [5.74, 6) is 0. The van der Waals surface area contributed by atoms with E-state index in [9.17, 15) is 4.79 Å². The molecule has 0 saturated carbocycles. The van der Waals surface area contributed by atoms with Crippen molar-refractivity contribution >= 4 is 6.29 Å². The molecule has 0 aromatic carbocycles. The molecule has 12 N–H and O–H groups in total. The lowest BCUT2D eigenvalue weighted by Crippen LogP contribution is -2.46. The van der Waals surface area contributed by atoms with E-state index in [1.54, 1.807) is 0 Å². The van der Waals surface area contributed by atoms with Crippen LogP contribution in [0.25, 0.3) is 0 Å². The second-order valence-corrected chi connectivity index (χ2v) is 4.52. The SMILES string of the molecule is CCCCCC(N)N.N.O=CC(O)C(O)C(O)C(O)CO. The summed E-state index contributed by atoms with van der Waals surface area (Å²) in [5, 5.41) is 43.5. The molecule has 0 rings (SSSR count). The van der Waals surface area contributed by atoms with Gasteiger partial charge in [0.25, 0.3) is 0 Å². The molecule has 0 aromatic rings. The number of nitrogens with two attached hydrogens (primary N) is 2. The summed E-state index contributed by atoms with van der Waals surface area (Å²) >= 11 is 0. The maximum absolute atomic E-state index is 9.90. The monoisotopic (exact) mass is 313 g/mol. The maximum Gasteiger partial charge on any atom is 0.151 e. The van der Waals surface area contributed by atoms with Crippen LogP contribution in [0, 0.1) is 0 Å². The van der Waals surface area contributed by atoms with Crippen LogP contribution >= 0.6 is 0 Å². The number of carbonyl (C=O) groups excluding carboxylic acids is 1. The summed E-state index contributed by atoms with van der Waals surface area (Å²) in [6.45, 7) is 1.41. The maximum atomic E-state index is 9.90. The molecule has 0 radical (unpaired) electrons. The minimum atomic E-state index is -1.79. The second kappa shape index (κ2) is 15.7. The van der Waals surface area contributed by atoms with Gasteiger partial charge in [0.15, 0.2) is 6.29 Å². The standard InChI is InChI=1S/C6H16N2.C6H12O6.H3N/c1-2-3-4-5-6(7)8;7-1-3(9)5(11)6(12)4(10)2-8;/h6H,2-5,7-8H2,1H3;1,3-6,8-12H,2H2;1H3.